The number of carboxylic acids is 1. The minimum atomic E-state index is -5.08. The van der Waals surface area contributed by atoms with Crippen molar-refractivity contribution in [3.8, 4) is 11.9 Å². The Morgan fingerprint density at radius 3 is 2.62 bits per heavy atom. The molecule has 3 N–H and O–H groups in total. The number of carbonyl (C=O) groups excluding carboxylic acids is 1. The lowest BCUT2D eigenvalue weighted by Crippen LogP contribution is -2.40. The van der Waals surface area contributed by atoms with Crippen LogP contribution in [-0.2, 0) is 17.9 Å². The van der Waals surface area contributed by atoms with Crippen LogP contribution in [0.2, 0.25) is 0 Å². The van der Waals surface area contributed by atoms with Crippen molar-refractivity contribution in [2.45, 2.75) is 57.1 Å². The highest BCUT2D eigenvalue weighted by Gasteiger charge is 2.38. The van der Waals surface area contributed by atoms with Gasteiger partial charge in [0.05, 0.1) is 5.56 Å². The SMILES string of the molecule is N#Cc1cccnc1OC1CCC(NC(=O)c2ccn3c2CNCC3)CC1.O=C(O)C(F)(F)F. The molecule has 4 rings (SSSR count). The summed E-state index contributed by atoms with van der Waals surface area (Å²) in [6.45, 7) is 2.58. The smallest absolute Gasteiger partial charge is 0.475 e. The molecule has 2 aliphatic rings. The highest BCUT2D eigenvalue weighted by molar-refractivity contribution is 5.95. The molecule has 1 aliphatic carbocycles. The number of carbonyl (C=O) groups is 2. The summed E-state index contributed by atoms with van der Waals surface area (Å²) in [5.41, 5.74) is 2.29. The molecular weight excluding hydrogens is 455 g/mol. The van der Waals surface area contributed by atoms with Gasteiger partial charge < -0.3 is 25.0 Å². The van der Waals surface area contributed by atoms with Crippen molar-refractivity contribution < 1.29 is 32.6 Å². The largest absolute Gasteiger partial charge is 0.490 e. The average Bonchev–Trinajstić information content (AvgIpc) is 3.25. The number of carboxylic acid groups (broad SMARTS) is 1. The van der Waals surface area contributed by atoms with Crippen molar-refractivity contribution in [1.29, 1.82) is 5.26 Å². The van der Waals surface area contributed by atoms with Gasteiger partial charge in [-0.3, -0.25) is 4.79 Å². The second kappa shape index (κ2) is 11.0. The Labute approximate surface area is 193 Å². The average molecular weight is 479 g/mol. The lowest BCUT2D eigenvalue weighted by atomic mass is 9.92. The Morgan fingerprint density at radius 2 is 1.97 bits per heavy atom. The van der Waals surface area contributed by atoms with E-state index in [0.717, 1.165) is 56.6 Å². The first kappa shape index (κ1) is 25.0. The Bertz CT molecular complexity index is 1060. The summed E-state index contributed by atoms with van der Waals surface area (Å²) in [5, 5.41) is 22.8. The lowest BCUT2D eigenvalue weighted by molar-refractivity contribution is -0.192. The number of nitrogens with zero attached hydrogens (tertiary/aromatic N) is 3. The molecule has 1 fully saturated rings. The third kappa shape index (κ3) is 6.48. The van der Waals surface area contributed by atoms with E-state index in [4.69, 9.17) is 19.9 Å². The van der Waals surface area contributed by atoms with E-state index in [-0.39, 0.29) is 18.1 Å². The van der Waals surface area contributed by atoms with Crippen molar-refractivity contribution in [1.82, 2.24) is 20.2 Å². The van der Waals surface area contributed by atoms with Crippen molar-refractivity contribution in [3.63, 3.8) is 0 Å². The van der Waals surface area contributed by atoms with Gasteiger partial charge in [-0.15, -0.1) is 0 Å². The number of nitrogens with one attached hydrogen (secondary N) is 2. The number of halogens is 3. The molecule has 9 nitrogen and oxygen atoms in total. The van der Waals surface area contributed by atoms with Crippen LogP contribution < -0.4 is 15.4 Å². The number of fused-ring (bicyclic) bond motifs is 1. The molecule has 0 bridgehead atoms. The van der Waals surface area contributed by atoms with Gasteiger partial charge in [0.15, 0.2) is 0 Å². The molecule has 2 aromatic rings. The number of nitriles is 1. The van der Waals surface area contributed by atoms with Crippen LogP contribution in [0, 0.1) is 11.3 Å². The van der Waals surface area contributed by atoms with Gasteiger partial charge in [-0.2, -0.15) is 18.4 Å². The second-order valence-corrected chi connectivity index (χ2v) is 7.88. The maximum absolute atomic E-state index is 12.7. The van der Waals surface area contributed by atoms with Crippen molar-refractivity contribution >= 4 is 11.9 Å². The molecule has 182 valence electrons. The molecule has 0 aromatic carbocycles. The standard InChI is InChI=1S/C20H23N5O2.C2HF3O2/c21-12-14-2-1-8-23-20(14)27-16-5-3-15(4-6-16)24-19(26)17-7-10-25-11-9-22-13-18(17)25;3-2(4,5)1(6)7/h1-2,7-8,10,15-16,22H,3-6,9,11,13H2,(H,24,26);(H,6,7). The van der Waals surface area contributed by atoms with E-state index < -0.39 is 12.1 Å². The zero-order valence-electron chi connectivity index (χ0n) is 18.1. The summed E-state index contributed by atoms with van der Waals surface area (Å²) in [6, 6.07) is 7.62. The number of hydrogen-bond acceptors (Lipinski definition) is 6. The molecule has 0 radical (unpaired) electrons. The zero-order chi connectivity index (χ0) is 24.7. The van der Waals surface area contributed by atoms with Crippen LogP contribution in [0.1, 0.15) is 47.3 Å². The quantitative estimate of drug-likeness (QED) is 0.615. The van der Waals surface area contributed by atoms with Gasteiger partial charge in [0.25, 0.3) is 5.91 Å². The van der Waals surface area contributed by atoms with Crippen LogP contribution in [0.3, 0.4) is 0 Å². The topological polar surface area (TPSA) is 129 Å². The van der Waals surface area contributed by atoms with Crippen LogP contribution in [-0.4, -0.2) is 51.4 Å². The Hall–Kier alpha value is -3.59. The van der Waals surface area contributed by atoms with E-state index >= 15 is 0 Å². The van der Waals surface area contributed by atoms with E-state index in [2.05, 4.69) is 26.3 Å². The first-order valence-corrected chi connectivity index (χ1v) is 10.7. The molecule has 3 heterocycles. The maximum Gasteiger partial charge on any atom is 0.490 e. The van der Waals surface area contributed by atoms with Crippen LogP contribution >= 0.6 is 0 Å². The van der Waals surface area contributed by atoms with Gasteiger partial charge in [0.1, 0.15) is 17.7 Å². The fourth-order valence-corrected chi connectivity index (χ4v) is 3.84. The number of aliphatic carboxylic acids is 1. The molecule has 1 aliphatic heterocycles. The van der Waals surface area contributed by atoms with Crippen molar-refractivity contribution in [2.24, 2.45) is 0 Å². The molecule has 0 atom stereocenters. The Kier molecular flexibility index (Phi) is 8.12. The predicted molar refractivity (Wildman–Crippen MR) is 113 cm³/mol. The zero-order valence-corrected chi connectivity index (χ0v) is 18.1. The number of ether oxygens (including phenoxy) is 1. The summed E-state index contributed by atoms with van der Waals surface area (Å²) in [6.07, 6.45) is 1.97. The molecule has 0 spiro atoms. The fourth-order valence-electron chi connectivity index (χ4n) is 3.84. The molecule has 12 heteroatoms. The van der Waals surface area contributed by atoms with Crippen LogP contribution in [0.5, 0.6) is 5.88 Å². The van der Waals surface area contributed by atoms with Crippen LogP contribution in [0.4, 0.5) is 13.2 Å². The van der Waals surface area contributed by atoms with E-state index in [1.807, 2.05) is 12.3 Å². The van der Waals surface area contributed by atoms with E-state index in [1.54, 1.807) is 18.3 Å². The Balaban J connectivity index is 0.000000406. The monoisotopic (exact) mass is 479 g/mol. The van der Waals surface area contributed by atoms with E-state index in [9.17, 15) is 18.0 Å². The molecule has 34 heavy (non-hydrogen) atoms. The highest BCUT2D eigenvalue weighted by Crippen LogP contribution is 2.25. The number of alkyl halides is 3. The van der Waals surface area contributed by atoms with Gasteiger partial charge in [-0.1, -0.05) is 0 Å². The number of hydrogen-bond donors (Lipinski definition) is 3. The first-order valence-electron chi connectivity index (χ1n) is 10.7. The highest BCUT2D eigenvalue weighted by atomic mass is 19.4. The number of rotatable bonds is 4. The summed E-state index contributed by atoms with van der Waals surface area (Å²) in [4.78, 5) is 25.7. The van der Waals surface area contributed by atoms with E-state index in [1.165, 1.54) is 0 Å². The fraction of sp³-hybridized carbons (Fsp3) is 0.455. The molecule has 2 aromatic heterocycles. The Morgan fingerprint density at radius 1 is 1.26 bits per heavy atom. The first-order chi connectivity index (χ1) is 16.2. The number of aromatic nitrogens is 2. The molecule has 0 saturated heterocycles. The molecular formula is C22H24F3N5O4. The van der Waals surface area contributed by atoms with E-state index in [0.29, 0.717) is 11.4 Å². The minimum absolute atomic E-state index is 0.00770. The minimum Gasteiger partial charge on any atom is -0.475 e. The summed E-state index contributed by atoms with van der Waals surface area (Å²) < 4.78 is 39.8. The predicted octanol–water partition coefficient (Wildman–Crippen LogP) is 2.61. The lowest BCUT2D eigenvalue weighted by Gasteiger charge is -2.29. The van der Waals surface area contributed by atoms with Gasteiger partial charge in [0, 0.05) is 43.8 Å². The number of amides is 1. The molecule has 0 unspecified atom stereocenters. The second-order valence-electron chi connectivity index (χ2n) is 7.88. The van der Waals surface area contributed by atoms with Gasteiger partial charge in [0.2, 0.25) is 5.88 Å². The van der Waals surface area contributed by atoms with Crippen molar-refractivity contribution in [2.75, 3.05) is 6.54 Å². The third-order valence-electron chi connectivity index (χ3n) is 5.57. The van der Waals surface area contributed by atoms with Gasteiger partial charge >= 0.3 is 12.1 Å². The third-order valence-corrected chi connectivity index (χ3v) is 5.57. The molecule has 1 saturated carbocycles. The normalized spacial score (nSPS) is 19.6. The summed E-state index contributed by atoms with van der Waals surface area (Å²) >= 11 is 0. The summed E-state index contributed by atoms with van der Waals surface area (Å²) in [7, 11) is 0. The number of pyridine rings is 1. The van der Waals surface area contributed by atoms with Crippen LogP contribution in [0.15, 0.2) is 30.6 Å². The summed E-state index contributed by atoms with van der Waals surface area (Å²) in [5.74, 6) is -2.35. The van der Waals surface area contributed by atoms with Gasteiger partial charge in [-0.25, -0.2) is 9.78 Å². The van der Waals surface area contributed by atoms with Crippen LogP contribution in [0.25, 0.3) is 0 Å². The molecule has 1 amide bonds. The van der Waals surface area contributed by atoms with Gasteiger partial charge in [-0.05, 0) is 43.9 Å². The van der Waals surface area contributed by atoms with Crippen molar-refractivity contribution in [3.05, 3.63) is 47.4 Å². The maximum atomic E-state index is 12.7.